The lowest BCUT2D eigenvalue weighted by molar-refractivity contribution is -0.134. The van der Waals surface area contributed by atoms with Crippen molar-refractivity contribution in [3.63, 3.8) is 0 Å². The largest absolute Gasteiger partial charge is 0.479 e. The van der Waals surface area contributed by atoms with E-state index in [9.17, 15) is 9.90 Å². The number of rotatable bonds is 29. The molecule has 0 aromatic heterocycles. The van der Waals surface area contributed by atoms with E-state index in [2.05, 4.69) is 20.8 Å². The fraction of sp³-hybridized carbons (Fsp3) is 0.969. The van der Waals surface area contributed by atoms with Gasteiger partial charge in [0.1, 0.15) is 0 Å². The van der Waals surface area contributed by atoms with Gasteiger partial charge in [-0.2, -0.15) is 0 Å². The first-order valence-electron chi connectivity index (χ1n) is 16.2. The Morgan fingerprint density at radius 2 is 0.657 bits per heavy atom. The van der Waals surface area contributed by atoms with Crippen molar-refractivity contribution in [2.24, 2.45) is 0 Å². The van der Waals surface area contributed by atoms with Crippen LogP contribution >= 0.6 is 7.26 Å². The van der Waals surface area contributed by atoms with Gasteiger partial charge in [-0.15, -0.1) is 0 Å². The van der Waals surface area contributed by atoms with Gasteiger partial charge in [0.25, 0.3) is 0 Å². The minimum absolute atomic E-state index is 0.510. The average molecular weight is 514 g/mol. The predicted molar refractivity (Wildman–Crippen MR) is 162 cm³/mol. The number of carboxylic acids is 1. The van der Waals surface area contributed by atoms with Crippen molar-refractivity contribution in [3.05, 3.63) is 0 Å². The van der Waals surface area contributed by atoms with Crippen molar-refractivity contribution in [1.29, 1.82) is 0 Å². The standard InChI is InChI=1S/C32H65O2P/c1-4-7-10-13-16-19-22-25-28-35(31-32(33)34,29-26-23-20-17-14-11-8-5-2)30-27-24-21-18-15-12-9-6-3/h4-31H2,1-3H3/p+1. The molecule has 0 bridgehead atoms. The lowest BCUT2D eigenvalue weighted by Gasteiger charge is -2.27. The van der Waals surface area contributed by atoms with E-state index in [1.54, 1.807) is 0 Å². The molecular formula is C32H66O2P+. The number of hydrogen-bond donors (Lipinski definition) is 1. The van der Waals surface area contributed by atoms with Gasteiger partial charge in [0, 0.05) is 7.26 Å². The maximum atomic E-state index is 11.9. The second kappa shape index (κ2) is 26.9. The SMILES string of the molecule is CCCCCCCCCC[P+](CCCCCCCCCC)(CCCCCCCCCC)CC(=O)O. The Labute approximate surface area is 222 Å². The predicted octanol–water partition coefficient (Wildman–Crippen LogP) is 11.5. The summed E-state index contributed by atoms with van der Waals surface area (Å²) in [6, 6.07) is 0. The molecule has 0 saturated heterocycles. The van der Waals surface area contributed by atoms with E-state index < -0.39 is 13.2 Å². The van der Waals surface area contributed by atoms with Gasteiger partial charge in [-0.05, 0) is 38.5 Å². The van der Waals surface area contributed by atoms with Crippen LogP contribution in [0.2, 0.25) is 0 Å². The number of carbonyl (C=O) groups is 1. The Hall–Kier alpha value is -0.100. The summed E-state index contributed by atoms with van der Waals surface area (Å²) in [5, 5.41) is 9.85. The molecule has 2 nitrogen and oxygen atoms in total. The zero-order valence-corrected chi connectivity index (χ0v) is 25.5. The van der Waals surface area contributed by atoms with Crippen LogP contribution in [0.15, 0.2) is 0 Å². The van der Waals surface area contributed by atoms with Crippen molar-refractivity contribution in [2.45, 2.75) is 175 Å². The first-order chi connectivity index (χ1) is 17.1. The Kier molecular flexibility index (Phi) is 26.9. The van der Waals surface area contributed by atoms with Crippen LogP contribution in [0.4, 0.5) is 0 Å². The van der Waals surface area contributed by atoms with Crippen LogP contribution in [0.5, 0.6) is 0 Å². The second-order valence-corrected chi connectivity index (χ2v) is 15.8. The van der Waals surface area contributed by atoms with E-state index in [1.807, 2.05) is 0 Å². The lowest BCUT2D eigenvalue weighted by Crippen LogP contribution is -2.18. The third kappa shape index (κ3) is 24.0. The van der Waals surface area contributed by atoms with Crippen LogP contribution in [0.3, 0.4) is 0 Å². The van der Waals surface area contributed by atoms with Crippen LogP contribution in [0.1, 0.15) is 175 Å². The third-order valence-electron chi connectivity index (χ3n) is 7.93. The topological polar surface area (TPSA) is 37.3 Å². The number of unbranched alkanes of at least 4 members (excludes halogenated alkanes) is 21. The van der Waals surface area contributed by atoms with E-state index in [-0.39, 0.29) is 0 Å². The molecule has 0 aromatic rings. The molecule has 0 aliphatic heterocycles. The highest BCUT2D eigenvalue weighted by Crippen LogP contribution is 2.60. The zero-order valence-electron chi connectivity index (χ0n) is 24.6. The minimum Gasteiger partial charge on any atom is -0.479 e. The second-order valence-electron chi connectivity index (χ2n) is 11.5. The molecule has 0 aromatic carbocycles. The molecule has 0 aliphatic rings. The van der Waals surface area contributed by atoms with Crippen LogP contribution in [-0.2, 0) is 4.79 Å². The van der Waals surface area contributed by atoms with Crippen LogP contribution in [-0.4, -0.2) is 35.7 Å². The fourth-order valence-electron chi connectivity index (χ4n) is 5.60. The molecule has 35 heavy (non-hydrogen) atoms. The molecule has 0 heterocycles. The van der Waals surface area contributed by atoms with Crippen molar-refractivity contribution >= 4 is 13.2 Å². The Morgan fingerprint density at radius 1 is 0.429 bits per heavy atom. The van der Waals surface area contributed by atoms with Crippen molar-refractivity contribution in [3.8, 4) is 0 Å². The summed E-state index contributed by atoms with van der Waals surface area (Å²) in [5.41, 5.74) is 0. The highest BCUT2D eigenvalue weighted by Gasteiger charge is 2.38. The number of hydrogen-bond acceptors (Lipinski definition) is 1. The Morgan fingerprint density at radius 3 is 0.886 bits per heavy atom. The summed E-state index contributed by atoms with van der Waals surface area (Å²) in [4.78, 5) is 11.9. The van der Waals surface area contributed by atoms with Crippen LogP contribution in [0.25, 0.3) is 0 Å². The summed E-state index contributed by atoms with van der Waals surface area (Å²) in [5.74, 6) is -0.517. The highest BCUT2D eigenvalue weighted by atomic mass is 31.2. The summed E-state index contributed by atoms with van der Waals surface area (Å²) in [6.45, 7) is 6.85. The third-order valence-corrected chi connectivity index (χ3v) is 12.7. The molecule has 0 atom stereocenters. The maximum Gasteiger partial charge on any atom is 0.341 e. The highest BCUT2D eigenvalue weighted by molar-refractivity contribution is 7.76. The molecule has 0 radical (unpaired) electrons. The summed E-state index contributed by atoms with van der Waals surface area (Å²) in [6.07, 6.45) is 36.7. The molecule has 210 valence electrons. The average Bonchev–Trinajstić information content (AvgIpc) is 2.83. The van der Waals surface area contributed by atoms with Crippen LogP contribution in [0, 0.1) is 0 Å². The van der Waals surface area contributed by atoms with Gasteiger partial charge >= 0.3 is 5.97 Å². The van der Waals surface area contributed by atoms with Crippen molar-refractivity contribution in [2.75, 3.05) is 24.6 Å². The molecule has 0 rings (SSSR count). The quantitative estimate of drug-likeness (QED) is 0.0797. The smallest absolute Gasteiger partial charge is 0.341 e. The minimum atomic E-state index is -1.35. The molecule has 3 heteroatoms. The van der Waals surface area contributed by atoms with Gasteiger partial charge in [0.05, 0.1) is 18.5 Å². The monoisotopic (exact) mass is 513 g/mol. The van der Waals surface area contributed by atoms with Gasteiger partial charge in [0.15, 0.2) is 6.16 Å². The zero-order chi connectivity index (χ0) is 25.9. The van der Waals surface area contributed by atoms with E-state index in [4.69, 9.17) is 0 Å². The van der Waals surface area contributed by atoms with Gasteiger partial charge in [-0.3, -0.25) is 0 Å². The van der Waals surface area contributed by atoms with Gasteiger partial charge in [-0.25, -0.2) is 4.79 Å². The van der Waals surface area contributed by atoms with E-state index in [1.165, 1.54) is 173 Å². The molecule has 0 amide bonds. The Bertz CT molecular complexity index is 387. The molecule has 0 spiro atoms. The van der Waals surface area contributed by atoms with E-state index >= 15 is 0 Å². The first kappa shape index (κ1) is 34.9. The first-order valence-corrected chi connectivity index (χ1v) is 18.7. The van der Waals surface area contributed by atoms with Gasteiger partial charge in [-0.1, -0.05) is 136 Å². The fourth-order valence-corrected chi connectivity index (χ4v) is 10.0. The molecule has 0 fully saturated rings. The maximum absolute atomic E-state index is 11.9. The molecule has 0 saturated carbocycles. The van der Waals surface area contributed by atoms with E-state index in [0.717, 1.165) is 0 Å². The molecule has 1 N–H and O–H groups in total. The Balaban J connectivity index is 4.55. The van der Waals surface area contributed by atoms with Gasteiger partial charge in [0.2, 0.25) is 0 Å². The molecule has 0 aliphatic carbocycles. The molecular weight excluding hydrogens is 447 g/mol. The number of aliphatic carboxylic acids is 1. The lowest BCUT2D eigenvalue weighted by atomic mass is 10.1. The van der Waals surface area contributed by atoms with Crippen molar-refractivity contribution < 1.29 is 9.90 Å². The summed E-state index contributed by atoms with van der Waals surface area (Å²) in [7, 11) is -1.35. The van der Waals surface area contributed by atoms with Crippen LogP contribution < -0.4 is 0 Å². The van der Waals surface area contributed by atoms with E-state index in [0.29, 0.717) is 6.16 Å². The molecule has 0 unspecified atom stereocenters. The normalized spacial score (nSPS) is 11.9. The van der Waals surface area contributed by atoms with Crippen molar-refractivity contribution in [1.82, 2.24) is 0 Å². The number of carboxylic acid groups (broad SMARTS) is 1. The van der Waals surface area contributed by atoms with Gasteiger partial charge < -0.3 is 5.11 Å². The summed E-state index contributed by atoms with van der Waals surface area (Å²) < 4.78 is 0. The summed E-state index contributed by atoms with van der Waals surface area (Å²) >= 11 is 0.